The van der Waals surface area contributed by atoms with Crippen molar-refractivity contribution in [2.45, 2.75) is 32.9 Å². The molecule has 0 radical (unpaired) electrons. The van der Waals surface area contributed by atoms with Gasteiger partial charge in [0.1, 0.15) is 18.5 Å². The van der Waals surface area contributed by atoms with Gasteiger partial charge in [0.05, 0.1) is 16.6 Å². The van der Waals surface area contributed by atoms with Crippen LogP contribution in [0.15, 0.2) is 48.2 Å². The zero-order valence-corrected chi connectivity index (χ0v) is 14.9. The molecule has 2 amide bonds. The van der Waals surface area contributed by atoms with E-state index in [0.717, 1.165) is 24.0 Å². The van der Waals surface area contributed by atoms with Crippen LogP contribution in [0.3, 0.4) is 0 Å². The van der Waals surface area contributed by atoms with Crippen LogP contribution in [0.1, 0.15) is 32.1 Å². The summed E-state index contributed by atoms with van der Waals surface area (Å²) in [7, 11) is 0. The number of nitrogens with one attached hydrogen (secondary N) is 2. The third-order valence-corrected chi connectivity index (χ3v) is 4.21. The first-order valence-corrected chi connectivity index (χ1v) is 8.58. The predicted molar refractivity (Wildman–Crippen MR) is 98.3 cm³/mol. The Bertz CT molecular complexity index is 897. The zero-order chi connectivity index (χ0) is 18.7. The number of esters is 1. The SMILES string of the molecule is C=CCOC(=O)C1=C(C)NC(=O)N[C@@H]1c1nc2ccccc2n1CCC. The summed E-state index contributed by atoms with van der Waals surface area (Å²) < 4.78 is 7.26. The van der Waals surface area contributed by atoms with E-state index >= 15 is 0 Å². The molecular formula is C19H22N4O3. The van der Waals surface area contributed by atoms with Crippen LogP contribution in [0.25, 0.3) is 11.0 Å². The van der Waals surface area contributed by atoms with E-state index < -0.39 is 12.0 Å². The normalized spacial score (nSPS) is 17.0. The van der Waals surface area contributed by atoms with Gasteiger partial charge in [0.2, 0.25) is 0 Å². The fraction of sp³-hybridized carbons (Fsp3) is 0.316. The molecule has 0 saturated heterocycles. The topological polar surface area (TPSA) is 85.2 Å². The lowest BCUT2D eigenvalue weighted by molar-refractivity contribution is -0.138. The number of amides is 2. The molecule has 136 valence electrons. The lowest BCUT2D eigenvalue weighted by Gasteiger charge is -2.27. The summed E-state index contributed by atoms with van der Waals surface area (Å²) in [5.41, 5.74) is 2.59. The van der Waals surface area contributed by atoms with Crippen molar-refractivity contribution >= 4 is 23.0 Å². The predicted octanol–water partition coefficient (Wildman–Crippen LogP) is 2.80. The number of nitrogens with zero attached hydrogens (tertiary/aromatic N) is 2. The number of allylic oxidation sites excluding steroid dienone is 1. The van der Waals surface area contributed by atoms with Gasteiger partial charge in [-0.15, -0.1) is 0 Å². The molecule has 1 aliphatic rings. The van der Waals surface area contributed by atoms with Crippen molar-refractivity contribution in [2.24, 2.45) is 0 Å². The number of urea groups is 1. The molecule has 1 atom stereocenters. The van der Waals surface area contributed by atoms with E-state index in [2.05, 4.69) is 24.1 Å². The first kappa shape index (κ1) is 17.7. The zero-order valence-electron chi connectivity index (χ0n) is 14.9. The summed E-state index contributed by atoms with van der Waals surface area (Å²) in [6.45, 7) is 8.14. The second kappa shape index (κ2) is 7.43. The Kier molecular flexibility index (Phi) is 5.06. The highest BCUT2D eigenvalue weighted by Gasteiger charge is 2.35. The third-order valence-electron chi connectivity index (χ3n) is 4.21. The number of aryl methyl sites for hydroxylation is 1. The van der Waals surface area contributed by atoms with Crippen molar-refractivity contribution in [1.29, 1.82) is 0 Å². The molecule has 1 aromatic heterocycles. The Morgan fingerprint density at radius 1 is 1.42 bits per heavy atom. The number of fused-ring (bicyclic) bond motifs is 1. The van der Waals surface area contributed by atoms with Crippen LogP contribution in [-0.4, -0.2) is 28.2 Å². The minimum Gasteiger partial charge on any atom is -0.458 e. The molecule has 26 heavy (non-hydrogen) atoms. The van der Waals surface area contributed by atoms with Crippen LogP contribution in [0.4, 0.5) is 4.79 Å². The third kappa shape index (κ3) is 3.20. The average Bonchev–Trinajstić information content (AvgIpc) is 2.98. The summed E-state index contributed by atoms with van der Waals surface area (Å²) in [5, 5.41) is 5.45. The molecule has 0 saturated carbocycles. The van der Waals surface area contributed by atoms with E-state index in [1.54, 1.807) is 6.92 Å². The monoisotopic (exact) mass is 354 g/mol. The molecule has 0 aliphatic carbocycles. The molecule has 7 nitrogen and oxygen atoms in total. The van der Waals surface area contributed by atoms with Crippen molar-refractivity contribution in [2.75, 3.05) is 6.61 Å². The summed E-state index contributed by atoms with van der Waals surface area (Å²) in [5.74, 6) is 0.114. The van der Waals surface area contributed by atoms with Gasteiger partial charge in [0, 0.05) is 12.2 Å². The van der Waals surface area contributed by atoms with Crippen molar-refractivity contribution in [1.82, 2.24) is 20.2 Å². The molecule has 2 aromatic rings. The molecule has 2 heterocycles. The minimum absolute atomic E-state index is 0.0989. The van der Waals surface area contributed by atoms with Crippen LogP contribution in [-0.2, 0) is 16.1 Å². The lowest BCUT2D eigenvalue weighted by Crippen LogP contribution is -2.46. The summed E-state index contributed by atoms with van der Waals surface area (Å²) in [4.78, 5) is 29.3. The second-order valence-corrected chi connectivity index (χ2v) is 6.07. The second-order valence-electron chi connectivity index (χ2n) is 6.07. The minimum atomic E-state index is -0.681. The highest BCUT2D eigenvalue weighted by Crippen LogP contribution is 2.30. The quantitative estimate of drug-likeness (QED) is 0.617. The van der Waals surface area contributed by atoms with Crippen LogP contribution in [0.5, 0.6) is 0 Å². The fourth-order valence-corrected chi connectivity index (χ4v) is 3.14. The molecule has 0 bridgehead atoms. The number of hydrogen-bond acceptors (Lipinski definition) is 4. The van der Waals surface area contributed by atoms with Gasteiger partial charge >= 0.3 is 12.0 Å². The highest BCUT2D eigenvalue weighted by atomic mass is 16.5. The maximum absolute atomic E-state index is 12.6. The molecule has 1 aliphatic heterocycles. The number of aromatic nitrogens is 2. The summed E-state index contributed by atoms with van der Waals surface area (Å²) in [6, 6.07) is 6.71. The van der Waals surface area contributed by atoms with Gasteiger partial charge in [-0.1, -0.05) is 31.7 Å². The van der Waals surface area contributed by atoms with Crippen LogP contribution >= 0.6 is 0 Å². The number of carbonyl (C=O) groups is 2. The number of hydrogen-bond donors (Lipinski definition) is 2. The van der Waals surface area contributed by atoms with Gasteiger partial charge in [0.25, 0.3) is 0 Å². The molecule has 0 fully saturated rings. The molecular weight excluding hydrogens is 332 g/mol. The number of para-hydroxylation sites is 2. The van der Waals surface area contributed by atoms with Gasteiger partial charge in [-0.3, -0.25) is 0 Å². The van der Waals surface area contributed by atoms with Crippen LogP contribution < -0.4 is 10.6 Å². The number of ether oxygens (including phenoxy) is 1. The van der Waals surface area contributed by atoms with Crippen molar-refractivity contribution < 1.29 is 14.3 Å². The molecule has 3 rings (SSSR count). The Hall–Kier alpha value is -3.09. The number of benzene rings is 1. The van der Waals surface area contributed by atoms with Crippen LogP contribution in [0, 0.1) is 0 Å². The van der Waals surface area contributed by atoms with Crippen molar-refractivity contribution in [3.05, 3.63) is 54.0 Å². The van der Waals surface area contributed by atoms with Gasteiger partial charge in [-0.2, -0.15) is 0 Å². The molecule has 0 spiro atoms. The van der Waals surface area contributed by atoms with Crippen LogP contribution in [0.2, 0.25) is 0 Å². The van der Waals surface area contributed by atoms with E-state index in [-0.39, 0.29) is 12.6 Å². The summed E-state index contributed by atoms with van der Waals surface area (Å²) >= 11 is 0. The lowest BCUT2D eigenvalue weighted by atomic mass is 10.0. The van der Waals surface area contributed by atoms with Gasteiger partial charge < -0.3 is 19.9 Å². The van der Waals surface area contributed by atoms with E-state index in [4.69, 9.17) is 9.72 Å². The summed E-state index contributed by atoms with van der Waals surface area (Å²) in [6.07, 6.45) is 2.40. The molecule has 1 aromatic carbocycles. The standard InChI is InChI=1S/C19H22N4O3/c1-4-10-23-14-9-7-6-8-13(14)21-17(23)16-15(18(24)26-11-5-2)12(3)20-19(25)22-16/h5-9,16H,2,4,10-11H2,1,3H3,(H2,20,22,25)/t16-/m0/s1. The van der Waals surface area contributed by atoms with Crippen molar-refractivity contribution in [3.8, 4) is 0 Å². The number of imidazole rings is 1. The first-order chi connectivity index (χ1) is 12.6. The largest absolute Gasteiger partial charge is 0.458 e. The van der Waals surface area contributed by atoms with Crippen molar-refractivity contribution in [3.63, 3.8) is 0 Å². The van der Waals surface area contributed by atoms with E-state index in [1.807, 2.05) is 28.8 Å². The van der Waals surface area contributed by atoms with E-state index in [1.165, 1.54) is 6.08 Å². The maximum Gasteiger partial charge on any atom is 0.338 e. The Balaban J connectivity index is 2.13. The average molecular weight is 354 g/mol. The maximum atomic E-state index is 12.6. The van der Waals surface area contributed by atoms with Gasteiger partial charge in [-0.25, -0.2) is 14.6 Å². The van der Waals surface area contributed by atoms with E-state index in [0.29, 0.717) is 17.1 Å². The Labute approximate surface area is 151 Å². The molecule has 0 unspecified atom stereocenters. The fourth-order valence-electron chi connectivity index (χ4n) is 3.14. The van der Waals surface area contributed by atoms with Gasteiger partial charge in [-0.05, 0) is 25.5 Å². The number of carbonyl (C=O) groups excluding carboxylic acids is 2. The molecule has 2 N–H and O–H groups in total. The molecule has 7 heteroatoms. The highest BCUT2D eigenvalue weighted by molar-refractivity contribution is 5.95. The Morgan fingerprint density at radius 3 is 2.92 bits per heavy atom. The van der Waals surface area contributed by atoms with E-state index in [9.17, 15) is 9.59 Å². The Morgan fingerprint density at radius 2 is 2.19 bits per heavy atom. The van der Waals surface area contributed by atoms with Gasteiger partial charge in [0.15, 0.2) is 0 Å². The smallest absolute Gasteiger partial charge is 0.338 e. The first-order valence-electron chi connectivity index (χ1n) is 8.58. The number of rotatable bonds is 6.